The highest BCUT2D eigenvalue weighted by Gasteiger charge is 2.62. The summed E-state index contributed by atoms with van der Waals surface area (Å²) in [5.41, 5.74) is 0.468. The molecule has 0 aromatic rings. The van der Waals surface area contributed by atoms with Gasteiger partial charge in [-0.3, -0.25) is 0 Å². The highest BCUT2D eigenvalue weighted by molar-refractivity contribution is 5.81. The number of fused-ring (bicyclic) bond motifs is 2. The van der Waals surface area contributed by atoms with Crippen molar-refractivity contribution in [2.24, 2.45) is 16.7 Å². The van der Waals surface area contributed by atoms with E-state index in [1.54, 1.807) is 0 Å². The molecule has 2 rings (SSSR count). The molecule has 0 aromatic carbocycles. The molecule has 0 N–H and O–H groups in total. The Labute approximate surface area is 91.7 Å². The van der Waals surface area contributed by atoms with Gasteiger partial charge in [-0.05, 0) is 30.6 Å². The maximum atomic E-state index is 11.3. The maximum Gasteiger partial charge on any atom is 0.330 e. The molecule has 0 amide bonds. The summed E-state index contributed by atoms with van der Waals surface area (Å²) in [4.78, 5) is 11.3. The third-order valence-electron chi connectivity index (χ3n) is 5.14. The molecular weight excluding hydrogens is 188 g/mol. The molecule has 0 aliphatic heterocycles. The summed E-state index contributed by atoms with van der Waals surface area (Å²) in [5.74, 6) is 0.440. The Balaban J connectivity index is 2.19. The van der Waals surface area contributed by atoms with Gasteiger partial charge >= 0.3 is 5.97 Å². The summed E-state index contributed by atoms with van der Waals surface area (Å²) in [6, 6.07) is 0. The van der Waals surface area contributed by atoms with Crippen molar-refractivity contribution >= 4 is 5.97 Å². The Morgan fingerprint density at radius 3 is 2.53 bits per heavy atom. The average Bonchev–Trinajstić information content (AvgIpc) is 2.50. The van der Waals surface area contributed by atoms with E-state index in [4.69, 9.17) is 4.74 Å². The van der Waals surface area contributed by atoms with Crippen molar-refractivity contribution in [3.8, 4) is 0 Å². The molecule has 2 fully saturated rings. The van der Waals surface area contributed by atoms with Crippen molar-refractivity contribution in [1.82, 2.24) is 0 Å². The minimum Gasteiger partial charge on any atom is -0.459 e. The summed E-state index contributed by atoms with van der Waals surface area (Å²) in [7, 11) is 0. The summed E-state index contributed by atoms with van der Waals surface area (Å²) >= 11 is 0. The minimum absolute atomic E-state index is 0.0942. The van der Waals surface area contributed by atoms with Gasteiger partial charge in [-0.2, -0.15) is 0 Å². The fourth-order valence-electron chi connectivity index (χ4n) is 3.50. The topological polar surface area (TPSA) is 26.3 Å². The van der Waals surface area contributed by atoms with Crippen LogP contribution in [0.2, 0.25) is 0 Å². The van der Waals surface area contributed by atoms with Crippen LogP contribution in [0.4, 0.5) is 0 Å². The molecule has 2 aliphatic rings. The van der Waals surface area contributed by atoms with Crippen molar-refractivity contribution in [1.29, 1.82) is 0 Å². The molecule has 0 aromatic heterocycles. The predicted octanol–water partition coefficient (Wildman–Crippen LogP) is 2.93. The lowest BCUT2D eigenvalue weighted by Crippen LogP contribution is -2.38. The molecule has 15 heavy (non-hydrogen) atoms. The Morgan fingerprint density at radius 1 is 1.47 bits per heavy atom. The summed E-state index contributed by atoms with van der Waals surface area (Å²) in [5, 5.41) is 0. The van der Waals surface area contributed by atoms with Crippen molar-refractivity contribution in [3.63, 3.8) is 0 Å². The van der Waals surface area contributed by atoms with Crippen molar-refractivity contribution in [2.45, 2.75) is 46.1 Å². The van der Waals surface area contributed by atoms with Crippen molar-refractivity contribution in [2.75, 3.05) is 0 Å². The standard InChI is InChI=1S/C13H20O2/c1-5-11(14)15-10-8-9-6-7-13(10,4)12(9,2)3/h5,9-10H,1,6-8H2,2-4H3/t9?,10?,13-/m1/s1. The molecule has 0 radical (unpaired) electrons. The molecule has 84 valence electrons. The van der Waals surface area contributed by atoms with Gasteiger partial charge in [0.05, 0.1) is 0 Å². The highest BCUT2D eigenvalue weighted by atomic mass is 16.5. The molecule has 2 unspecified atom stereocenters. The number of esters is 1. The van der Waals surface area contributed by atoms with Gasteiger partial charge in [0.1, 0.15) is 6.10 Å². The maximum absolute atomic E-state index is 11.3. The predicted molar refractivity (Wildman–Crippen MR) is 59.3 cm³/mol. The van der Waals surface area contributed by atoms with Crippen LogP contribution < -0.4 is 0 Å². The lowest BCUT2D eigenvalue weighted by Gasteiger charge is -2.38. The van der Waals surface area contributed by atoms with Gasteiger partial charge in [-0.1, -0.05) is 27.4 Å². The molecule has 2 bridgehead atoms. The van der Waals surface area contributed by atoms with Gasteiger partial charge in [0.15, 0.2) is 0 Å². The highest BCUT2D eigenvalue weighted by Crippen LogP contribution is 2.66. The van der Waals surface area contributed by atoms with Crippen LogP contribution in [-0.2, 0) is 9.53 Å². The fourth-order valence-corrected chi connectivity index (χ4v) is 3.50. The monoisotopic (exact) mass is 208 g/mol. The smallest absolute Gasteiger partial charge is 0.330 e. The quantitative estimate of drug-likeness (QED) is 0.515. The van der Waals surface area contributed by atoms with Crippen LogP contribution in [0.5, 0.6) is 0 Å². The lowest BCUT2D eigenvalue weighted by molar-refractivity contribution is -0.150. The molecule has 2 heteroatoms. The van der Waals surface area contributed by atoms with E-state index in [-0.39, 0.29) is 17.5 Å². The number of carbonyl (C=O) groups is 1. The summed E-state index contributed by atoms with van der Waals surface area (Å²) in [6.45, 7) is 10.3. The lowest BCUT2D eigenvalue weighted by atomic mass is 9.70. The molecule has 0 spiro atoms. The summed E-state index contributed by atoms with van der Waals surface area (Å²) in [6.07, 6.45) is 4.85. The summed E-state index contributed by atoms with van der Waals surface area (Å²) < 4.78 is 5.48. The van der Waals surface area contributed by atoms with Gasteiger partial charge in [0.25, 0.3) is 0 Å². The first-order chi connectivity index (χ1) is 6.91. The van der Waals surface area contributed by atoms with E-state index in [1.165, 1.54) is 18.9 Å². The molecule has 2 aliphatic carbocycles. The molecule has 2 saturated carbocycles. The van der Waals surface area contributed by atoms with Gasteiger partial charge in [0, 0.05) is 11.5 Å². The van der Waals surface area contributed by atoms with E-state index in [1.807, 2.05) is 0 Å². The van der Waals surface area contributed by atoms with Crippen molar-refractivity contribution in [3.05, 3.63) is 12.7 Å². The van der Waals surface area contributed by atoms with E-state index >= 15 is 0 Å². The Hall–Kier alpha value is -0.790. The van der Waals surface area contributed by atoms with Crippen LogP contribution in [0.3, 0.4) is 0 Å². The first-order valence-corrected chi connectivity index (χ1v) is 5.75. The van der Waals surface area contributed by atoms with E-state index in [2.05, 4.69) is 27.4 Å². The van der Waals surface area contributed by atoms with E-state index in [0.29, 0.717) is 11.3 Å². The molecule has 0 heterocycles. The number of ether oxygens (including phenoxy) is 1. The van der Waals surface area contributed by atoms with Gasteiger partial charge < -0.3 is 4.74 Å². The Bertz CT molecular complexity index is 306. The third-order valence-corrected chi connectivity index (χ3v) is 5.14. The van der Waals surface area contributed by atoms with E-state index in [9.17, 15) is 4.79 Å². The van der Waals surface area contributed by atoms with Crippen molar-refractivity contribution < 1.29 is 9.53 Å². The first kappa shape index (κ1) is 10.7. The molecule has 0 saturated heterocycles. The third kappa shape index (κ3) is 1.27. The Morgan fingerprint density at radius 2 is 2.13 bits per heavy atom. The fraction of sp³-hybridized carbons (Fsp3) is 0.769. The van der Waals surface area contributed by atoms with E-state index < -0.39 is 0 Å². The zero-order valence-corrected chi connectivity index (χ0v) is 9.88. The SMILES string of the molecule is C=CC(=O)OC1CC2CC[C@@]1(C)C2(C)C. The second-order valence-electron chi connectivity index (χ2n) is 5.74. The number of carbonyl (C=O) groups excluding carboxylic acids is 1. The second kappa shape index (κ2) is 3.10. The van der Waals surface area contributed by atoms with Gasteiger partial charge in [-0.25, -0.2) is 4.79 Å². The average molecular weight is 208 g/mol. The zero-order chi connectivity index (χ0) is 11.3. The van der Waals surface area contributed by atoms with Crippen LogP contribution in [0.25, 0.3) is 0 Å². The van der Waals surface area contributed by atoms with Crippen LogP contribution in [0.1, 0.15) is 40.0 Å². The first-order valence-electron chi connectivity index (χ1n) is 5.75. The number of hydrogen-bond acceptors (Lipinski definition) is 2. The van der Waals surface area contributed by atoms with E-state index in [0.717, 1.165) is 6.42 Å². The zero-order valence-electron chi connectivity index (χ0n) is 9.88. The normalized spacial score (nSPS) is 41.5. The van der Waals surface area contributed by atoms with Gasteiger partial charge in [0.2, 0.25) is 0 Å². The number of hydrogen-bond donors (Lipinski definition) is 0. The van der Waals surface area contributed by atoms with Crippen LogP contribution in [-0.4, -0.2) is 12.1 Å². The molecule has 3 atom stereocenters. The van der Waals surface area contributed by atoms with Gasteiger partial charge in [-0.15, -0.1) is 0 Å². The van der Waals surface area contributed by atoms with Crippen LogP contribution >= 0.6 is 0 Å². The number of rotatable bonds is 2. The largest absolute Gasteiger partial charge is 0.459 e. The Kier molecular flexibility index (Phi) is 2.21. The minimum atomic E-state index is -0.274. The second-order valence-corrected chi connectivity index (χ2v) is 5.74. The molecule has 2 nitrogen and oxygen atoms in total. The van der Waals surface area contributed by atoms with Crippen LogP contribution in [0, 0.1) is 16.7 Å². The van der Waals surface area contributed by atoms with Crippen LogP contribution in [0.15, 0.2) is 12.7 Å². The molecular formula is C13H20O2.